The molecule has 1 amide bonds. The molecule has 0 saturated carbocycles. The summed E-state index contributed by atoms with van der Waals surface area (Å²) in [6, 6.07) is 0.523. The maximum absolute atomic E-state index is 12.2. The standard InChI is InChI=1S/C12H19N5O/c1-9(2)16-3-5-17(6-4-16)12(18)10-7-14-8-11(13)15-10/h7-9H,3-6H2,1-2H3,(H2,13,15). The van der Waals surface area contributed by atoms with E-state index in [1.165, 1.54) is 12.4 Å². The smallest absolute Gasteiger partial charge is 0.274 e. The fourth-order valence-corrected chi connectivity index (χ4v) is 2.09. The average molecular weight is 249 g/mol. The number of carbonyl (C=O) groups excluding carboxylic acids is 1. The Morgan fingerprint density at radius 2 is 1.94 bits per heavy atom. The Hall–Kier alpha value is -1.69. The van der Waals surface area contributed by atoms with Crippen LogP contribution in [0.15, 0.2) is 12.4 Å². The zero-order valence-electron chi connectivity index (χ0n) is 10.8. The van der Waals surface area contributed by atoms with Crippen molar-refractivity contribution in [3.63, 3.8) is 0 Å². The van der Waals surface area contributed by atoms with Gasteiger partial charge in [-0.15, -0.1) is 0 Å². The molecule has 0 aliphatic carbocycles. The highest BCUT2D eigenvalue weighted by molar-refractivity contribution is 5.92. The van der Waals surface area contributed by atoms with Crippen LogP contribution < -0.4 is 5.73 Å². The third kappa shape index (κ3) is 2.76. The summed E-state index contributed by atoms with van der Waals surface area (Å²) >= 11 is 0. The predicted octanol–water partition coefficient (Wildman–Crippen LogP) is 0.225. The first-order valence-corrected chi connectivity index (χ1v) is 6.19. The first-order chi connectivity index (χ1) is 8.58. The summed E-state index contributed by atoms with van der Waals surface area (Å²) < 4.78 is 0. The molecule has 1 fully saturated rings. The minimum Gasteiger partial charge on any atom is -0.382 e. The monoisotopic (exact) mass is 249 g/mol. The topological polar surface area (TPSA) is 75.3 Å². The van der Waals surface area contributed by atoms with Gasteiger partial charge in [-0.3, -0.25) is 14.7 Å². The van der Waals surface area contributed by atoms with Gasteiger partial charge in [-0.2, -0.15) is 0 Å². The second kappa shape index (κ2) is 5.30. The molecule has 0 aromatic carbocycles. The maximum atomic E-state index is 12.2. The molecule has 1 saturated heterocycles. The van der Waals surface area contributed by atoms with E-state index in [4.69, 9.17) is 5.73 Å². The molecule has 0 spiro atoms. The third-order valence-corrected chi connectivity index (χ3v) is 3.20. The molecule has 1 aliphatic heterocycles. The van der Waals surface area contributed by atoms with E-state index in [1.807, 2.05) is 4.90 Å². The van der Waals surface area contributed by atoms with E-state index in [9.17, 15) is 4.79 Å². The van der Waals surface area contributed by atoms with Gasteiger partial charge in [0.1, 0.15) is 11.5 Å². The average Bonchev–Trinajstić information content (AvgIpc) is 2.38. The van der Waals surface area contributed by atoms with Crippen molar-refractivity contribution in [2.75, 3.05) is 31.9 Å². The lowest BCUT2D eigenvalue weighted by Crippen LogP contribution is -2.50. The van der Waals surface area contributed by atoms with Crippen LogP contribution in [0.2, 0.25) is 0 Å². The Kier molecular flexibility index (Phi) is 3.76. The van der Waals surface area contributed by atoms with E-state index in [2.05, 4.69) is 28.7 Å². The van der Waals surface area contributed by atoms with Crippen LogP contribution in [0.25, 0.3) is 0 Å². The van der Waals surface area contributed by atoms with Gasteiger partial charge in [0.25, 0.3) is 5.91 Å². The molecule has 6 heteroatoms. The molecule has 2 N–H and O–H groups in total. The number of rotatable bonds is 2. The number of anilines is 1. The summed E-state index contributed by atoms with van der Waals surface area (Å²) in [5.41, 5.74) is 5.86. The van der Waals surface area contributed by atoms with Crippen molar-refractivity contribution in [1.29, 1.82) is 0 Å². The van der Waals surface area contributed by atoms with Crippen LogP contribution in [0.4, 0.5) is 5.82 Å². The molecule has 0 bridgehead atoms. The van der Waals surface area contributed by atoms with Crippen LogP contribution in [0.3, 0.4) is 0 Å². The molecule has 2 heterocycles. The van der Waals surface area contributed by atoms with Crippen molar-refractivity contribution >= 4 is 11.7 Å². The van der Waals surface area contributed by atoms with Crippen LogP contribution in [0.5, 0.6) is 0 Å². The molecule has 0 atom stereocenters. The molecule has 18 heavy (non-hydrogen) atoms. The number of nitrogens with zero attached hydrogens (tertiary/aromatic N) is 4. The summed E-state index contributed by atoms with van der Waals surface area (Å²) in [5, 5.41) is 0. The summed E-state index contributed by atoms with van der Waals surface area (Å²) in [6.45, 7) is 7.60. The second-order valence-electron chi connectivity index (χ2n) is 4.75. The Labute approximate surface area is 107 Å². The first-order valence-electron chi connectivity index (χ1n) is 6.19. The van der Waals surface area contributed by atoms with Crippen molar-refractivity contribution in [1.82, 2.24) is 19.8 Å². The largest absolute Gasteiger partial charge is 0.382 e. The molecule has 1 aromatic rings. The number of carbonyl (C=O) groups is 1. The van der Waals surface area contributed by atoms with E-state index in [-0.39, 0.29) is 11.7 Å². The van der Waals surface area contributed by atoms with Crippen LogP contribution in [-0.4, -0.2) is 57.9 Å². The fraction of sp³-hybridized carbons (Fsp3) is 0.583. The molecule has 98 valence electrons. The van der Waals surface area contributed by atoms with Crippen molar-refractivity contribution in [3.05, 3.63) is 18.1 Å². The first kappa shape index (κ1) is 12.8. The molecular weight excluding hydrogens is 230 g/mol. The Morgan fingerprint density at radius 3 is 2.50 bits per heavy atom. The van der Waals surface area contributed by atoms with Crippen molar-refractivity contribution in [2.24, 2.45) is 0 Å². The lowest BCUT2D eigenvalue weighted by atomic mass is 10.2. The Morgan fingerprint density at radius 1 is 1.28 bits per heavy atom. The highest BCUT2D eigenvalue weighted by Gasteiger charge is 2.24. The molecule has 0 unspecified atom stereocenters. The van der Waals surface area contributed by atoms with Gasteiger partial charge in [0.05, 0.1) is 12.4 Å². The van der Waals surface area contributed by atoms with E-state index >= 15 is 0 Å². The number of piperazine rings is 1. The molecule has 1 aromatic heterocycles. The summed E-state index contributed by atoms with van der Waals surface area (Å²) in [6.07, 6.45) is 2.90. The summed E-state index contributed by atoms with van der Waals surface area (Å²) in [7, 11) is 0. The number of hydrogen-bond acceptors (Lipinski definition) is 5. The highest BCUT2D eigenvalue weighted by atomic mass is 16.2. The molecule has 2 rings (SSSR count). The summed E-state index contributed by atoms with van der Waals surface area (Å²) in [4.78, 5) is 24.3. The fourth-order valence-electron chi connectivity index (χ4n) is 2.09. The van der Waals surface area contributed by atoms with Crippen LogP contribution in [0.1, 0.15) is 24.3 Å². The predicted molar refractivity (Wildman–Crippen MR) is 69.1 cm³/mol. The lowest BCUT2D eigenvalue weighted by molar-refractivity contribution is 0.0589. The van der Waals surface area contributed by atoms with E-state index < -0.39 is 0 Å². The van der Waals surface area contributed by atoms with Crippen LogP contribution >= 0.6 is 0 Å². The Balaban J connectivity index is 1.99. The maximum Gasteiger partial charge on any atom is 0.274 e. The van der Waals surface area contributed by atoms with Gasteiger partial charge in [-0.1, -0.05) is 0 Å². The number of nitrogen functional groups attached to an aromatic ring is 1. The van der Waals surface area contributed by atoms with Crippen LogP contribution in [0, 0.1) is 0 Å². The zero-order valence-corrected chi connectivity index (χ0v) is 10.8. The molecule has 0 radical (unpaired) electrons. The molecule has 1 aliphatic rings. The third-order valence-electron chi connectivity index (χ3n) is 3.20. The van der Waals surface area contributed by atoms with Gasteiger partial charge >= 0.3 is 0 Å². The minimum absolute atomic E-state index is 0.0850. The van der Waals surface area contributed by atoms with Gasteiger partial charge < -0.3 is 10.6 Å². The second-order valence-corrected chi connectivity index (χ2v) is 4.75. The van der Waals surface area contributed by atoms with Crippen LogP contribution in [-0.2, 0) is 0 Å². The molecule has 6 nitrogen and oxygen atoms in total. The van der Waals surface area contributed by atoms with E-state index in [0.717, 1.165) is 26.2 Å². The quantitative estimate of drug-likeness (QED) is 0.811. The Bertz CT molecular complexity index is 426. The van der Waals surface area contributed by atoms with E-state index in [0.29, 0.717) is 11.7 Å². The normalized spacial score (nSPS) is 17.2. The zero-order chi connectivity index (χ0) is 13.1. The number of nitrogens with two attached hydrogens (primary N) is 1. The van der Waals surface area contributed by atoms with Gasteiger partial charge in [0.15, 0.2) is 0 Å². The number of hydrogen-bond donors (Lipinski definition) is 1. The minimum atomic E-state index is -0.0850. The molecular formula is C12H19N5O. The van der Waals surface area contributed by atoms with Crippen molar-refractivity contribution in [2.45, 2.75) is 19.9 Å². The number of aromatic nitrogens is 2. The van der Waals surface area contributed by atoms with Crippen molar-refractivity contribution < 1.29 is 4.79 Å². The van der Waals surface area contributed by atoms with E-state index in [1.54, 1.807) is 0 Å². The van der Waals surface area contributed by atoms with Gasteiger partial charge in [-0.25, -0.2) is 4.98 Å². The SMILES string of the molecule is CC(C)N1CCN(C(=O)c2cncc(N)n2)CC1. The van der Waals surface area contributed by atoms with Gasteiger partial charge in [0.2, 0.25) is 0 Å². The summed E-state index contributed by atoms with van der Waals surface area (Å²) in [5.74, 6) is 0.194. The van der Waals surface area contributed by atoms with Gasteiger partial charge in [-0.05, 0) is 13.8 Å². The van der Waals surface area contributed by atoms with Crippen molar-refractivity contribution in [3.8, 4) is 0 Å². The number of amides is 1. The van der Waals surface area contributed by atoms with Gasteiger partial charge in [0, 0.05) is 32.2 Å². The highest BCUT2D eigenvalue weighted by Crippen LogP contribution is 2.09. The lowest BCUT2D eigenvalue weighted by Gasteiger charge is -2.36.